The third-order valence-electron chi connectivity index (χ3n) is 6.32. The van der Waals surface area contributed by atoms with E-state index in [1.165, 1.54) is 16.9 Å². The summed E-state index contributed by atoms with van der Waals surface area (Å²) in [6, 6.07) is 21.7. The number of fused-ring (bicyclic) bond motifs is 1. The van der Waals surface area contributed by atoms with Gasteiger partial charge in [0.25, 0.3) is 11.8 Å². The molecular weight excluding hydrogens is 458 g/mol. The van der Waals surface area contributed by atoms with Gasteiger partial charge in [-0.2, -0.15) is 0 Å². The summed E-state index contributed by atoms with van der Waals surface area (Å²) in [5.41, 5.74) is 2.72. The van der Waals surface area contributed by atoms with E-state index in [4.69, 9.17) is 0 Å². The van der Waals surface area contributed by atoms with Crippen molar-refractivity contribution in [3.63, 3.8) is 0 Å². The molecule has 0 atom stereocenters. The van der Waals surface area contributed by atoms with E-state index in [1.54, 1.807) is 0 Å². The van der Waals surface area contributed by atoms with Gasteiger partial charge in [-0.1, -0.05) is 66.8 Å². The Kier molecular flexibility index (Phi) is 6.83. The summed E-state index contributed by atoms with van der Waals surface area (Å²) in [6.45, 7) is 5.53. The first-order chi connectivity index (χ1) is 17.1. The molecule has 5 rings (SSSR count). The second kappa shape index (κ2) is 10.3. The average molecular weight is 486 g/mol. The molecular formula is C27H27N5O2S. The van der Waals surface area contributed by atoms with Crippen LogP contribution in [0.25, 0.3) is 10.8 Å². The van der Waals surface area contributed by atoms with Gasteiger partial charge in [0, 0.05) is 37.4 Å². The summed E-state index contributed by atoms with van der Waals surface area (Å²) >= 11 is 1.31. The van der Waals surface area contributed by atoms with Crippen molar-refractivity contribution >= 4 is 39.6 Å². The number of nitrogens with zero attached hydrogens (tertiary/aromatic N) is 4. The highest BCUT2D eigenvalue weighted by Gasteiger charge is 2.24. The number of piperazine rings is 1. The molecule has 0 spiro atoms. The zero-order valence-corrected chi connectivity index (χ0v) is 20.4. The fraction of sp³-hybridized carbons (Fsp3) is 0.259. The van der Waals surface area contributed by atoms with E-state index >= 15 is 0 Å². The maximum Gasteiger partial charge on any atom is 0.286 e. The smallest absolute Gasteiger partial charge is 0.286 e. The number of aromatic nitrogens is 2. The van der Waals surface area contributed by atoms with Gasteiger partial charge in [-0.3, -0.25) is 14.5 Å². The second-order valence-corrected chi connectivity index (χ2v) is 9.66. The fourth-order valence-electron chi connectivity index (χ4n) is 4.30. The molecule has 0 unspecified atom stereocenters. The van der Waals surface area contributed by atoms with E-state index in [9.17, 15) is 9.59 Å². The van der Waals surface area contributed by atoms with Crippen molar-refractivity contribution in [1.82, 2.24) is 20.0 Å². The summed E-state index contributed by atoms with van der Waals surface area (Å²) in [5, 5.41) is 14.4. The lowest BCUT2D eigenvalue weighted by Gasteiger charge is -2.34. The van der Waals surface area contributed by atoms with Crippen molar-refractivity contribution in [2.75, 3.05) is 31.5 Å². The third kappa shape index (κ3) is 5.23. The first-order valence-corrected chi connectivity index (χ1v) is 12.6. The highest BCUT2D eigenvalue weighted by molar-refractivity contribution is 7.13. The number of amides is 2. The lowest BCUT2D eigenvalue weighted by Crippen LogP contribution is -2.48. The number of hydrogen-bond acceptors (Lipinski definition) is 6. The van der Waals surface area contributed by atoms with Crippen LogP contribution in [0, 0.1) is 0 Å². The van der Waals surface area contributed by atoms with Gasteiger partial charge in [-0.15, -0.1) is 10.2 Å². The van der Waals surface area contributed by atoms with E-state index in [0.717, 1.165) is 46.5 Å². The molecule has 178 valence electrons. The Balaban J connectivity index is 1.16. The molecule has 2 heterocycles. The maximum absolute atomic E-state index is 13.2. The molecule has 1 saturated heterocycles. The quantitative estimate of drug-likeness (QED) is 0.436. The molecule has 2 amide bonds. The Morgan fingerprint density at radius 1 is 0.914 bits per heavy atom. The van der Waals surface area contributed by atoms with Crippen molar-refractivity contribution in [2.24, 2.45) is 0 Å². The maximum atomic E-state index is 13.2. The summed E-state index contributed by atoms with van der Waals surface area (Å²) in [4.78, 5) is 29.9. The van der Waals surface area contributed by atoms with Crippen molar-refractivity contribution in [2.45, 2.75) is 19.9 Å². The van der Waals surface area contributed by atoms with Crippen LogP contribution in [-0.2, 0) is 13.0 Å². The van der Waals surface area contributed by atoms with E-state index in [1.807, 2.05) is 71.6 Å². The number of aryl methyl sites for hydroxylation is 1. The number of hydrogen-bond donors (Lipinski definition) is 1. The Morgan fingerprint density at radius 3 is 2.43 bits per heavy atom. The van der Waals surface area contributed by atoms with Crippen LogP contribution in [0.5, 0.6) is 0 Å². The van der Waals surface area contributed by atoms with E-state index < -0.39 is 0 Å². The molecule has 3 aromatic carbocycles. The molecule has 8 heteroatoms. The van der Waals surface area contributed by atoms with Gasteiger partial charge >= 0.3 is 0 Å². The average Bonchev–Trinajstić information content (AvgIpc) is 3.37. The second-order valence-electron chi connectivity index (χ2n) is 8.60. The fourth-order valence-corrected chi connectivity index (χ4v) is 5.08. The molecule has 0 radical (unpaired) electrons. The molecule has 1 aromatic heterocycles. The number of nitrogens with one attached hydrogen (secondary N) is 1. The predicted molar refractivity (Wildman–Crippen MR) is 139 cm³/mol. The first-order valence-electron chi connectivity index (χ1n) is 11.8. The van der Waals surface area contributed by atoms with Crippen LogP contribution < -0.4 is 5.32 Å². The van der Waals surface area contributed by atoms with Crippen LogP contribution in [0.4, 0.5) is 5.69 Å². The zero-order valence-electron chi connectivity index (χ0n) is 19.6. The SMILES string of the molecule is CCc1ccc(NC(=O)c2nnc(CN3CCN(C(=O)c4cccc5ccccc45)CC3)s2)cc1. The van der Waals surface area contributed by atoms with Crippen molar-refractivity contribution in [3.8, 4) is 0 Å². The Bertz CT molecular complexity index is 1340. The van der Waals surface area contributed by atoms with E-state index in [-0.39, 0.29) is 11.8 Å². The molecule has 7 nitrogen and oxygen atoms in total. The molecule has 0 aliphatic carbocycles. The van der Waals surface area contributed by atoms with Crippen LogP contribution in [0.15, 0.2) is 66.7 Å². The van der Waals surface area contributed by atoms with E-state index in [0.29, 0.717) is 24.6 Å². The van der Waals surface area contributed by atoms with Crippen LogP contribution in [-0.4, -0.2) is 58.0 Å². The highest BCUT2D eigenvalue weighted by atomic mass is 32.1. The minimum atomic E-state index is -0.247. The largest absolute Gasteiger partial charge is 0.336 e. The van der Waals surface area contributed by atoms with Crippen LogP contribution in [0.3, 0.4) is 0 Å². The van der Waals surface area contributed by atoms with E-state index in [2.05, 4.69) is 27.3 Å². The molecule has 35 heavy (non-hydrogen) atoms. The number of anilines is 1. The Morgan fingerprint density at radius 2 is 1.66 bits per heavy atom. The molecule has 1 fully saturated rings. The van der Waals surface area contributed by atoms with Gasteiger partial charge in [0.15, 0.2) is 0 Å². The monoisotopic (exact) mass is 485 g/mol. The third-order valence-corrected chi connectivity index (χ3v) is 7.23. The topological polar surface area (TPSA) is 78.4 Å². The highest BCUT2D eigenvalue weighted by Crippen LogP contribution is 2.21. The molecule has 4 aromatic rings. The predicted octanol–water partition coefficient (Wildman–Crippen LogP) is 4.46. The van der Waals surface area contributed by atoms with Crippen LogP contribution in [0.1, 0.15) is 37.7 Å². The Hall–Kier alpha value is -3.62. The van der Waals surface area contributed by atoms with Gasteiger partial charge in [0.2, 0.25) is 5.01 Å². The normalized spacial score (nSPS) is 14.3. The van der Waals surface area contributed by atoms with Gasteiger partial charge in [-0.05, 0) is 41.0 Å². The van der Waals surface area contributed by atoms with Crippen LogP contribution >= 0.6 is 11.3 Å². The number of carbonyl (C=O) groups is 2. The molecule has 1 aliphatic rings. The summed E-state index contributed by atoms with van der Waals surface area (Å²) in [5.74, 6) is -0.174. The minimum absolute atomic E-state index is 0.0725. The Labute approximate surface area is 208 Å². The lowest BCUT2D eigenvalue weighted by atomic mass is 10.0. The van der Waals surface area contributed by atoms with Gasteiger partial charge in [0.1, 0.15) is 5.01 Å². The molecule has 1 N–H and O–H groups in total. The molecule has 0 saturated carbocycles. The van der Waals surface area contributed by atoms with Gasteiger partial charge in [-0.25, -0.2) is 0 Å². The minimum Gasteiger partial charge on any atom is -0.336 e. The zero-order chi connectivity index (χ0) is 24.2. The number of benzene rings is 3. The van der Waals surface area contributed by atoms with Gasteiger partial charge < -0.3 is 10.2 Å². The van der Waals surface area contributed by atoms with Crippen molar-refractivity contribution in [1.29, 1.82) is 0 Å². The standard InChI is InChI=1S/C27H27N5O2S/c1-2-19-10-12-21(13-11-19)28-25(33)26-30-29-24(35-26)18-31-14-16-32(17-15-31)27(34)23-9-5-7-20-6-3-4-8-22(20)23/h3-13H,2,14-18H2,1H3,(H,28,33). The molecule has 0 bridgehead atoms. The number of rotatable bonds is 6. The summed E-state index contributed by atoms with van der Waals surface area (Å²) in [6.07, 6.45) is 0.958. The van der Waals surface area contributed by atoms with Crippen LogP contribution in [0.2, 0.25) is 0 Å². The number of carbonyl (C=O) groups excluding carboxylic acids is 2. The molecule has 1 aliphatic heterocycles. The summed E-state index contributed by atoms with van der Waals surface area (Å²) in [7, 11) is 0. The lowest BCUT2D eigenvalue weighted by molar-refractivity contribution is 0.0630. The van der Waals surface area contributed by atoms with Gasteiger partial charge in [0.05, 0.1) is 6.54 Å². The first kappa shape index (κ1) is 23.1. The van der Waals surface area contributed by atoms with Crippen molar-refractivity contribution < 1.29 is 9.59 Å². The van der Waals surface area contributed by atoms with Crippen molar-refractivity contribution in [3.05, 3.63) is 87.9 Å². The summed E-state index contributed by atoms with van der Waals surface area (Å²) < 4.78 is 0.